The molecule has 1 unspecified atom stereocenters. The van der Waals surface area contributed by atoms with E-state index in [1.807, 2.05) is 0 Å². The van der Waals surface area contributed by atoms with Gasteiger partial charge < -0.3 is 20.7 Å². The second-order valence-corrected chi connectivity index (χ2v) is 4.78. The third kappa shape index (κ3) is 3.64. The molecule has 1 atom stereocenters. The molecule has 7 heteroatoms. The van der Waals surface area contributed by atoms with E-state index < -0.39 is 6.10 Å². The summed E-state index contributed by atoms with van der Waals surface area (Å²) in [4.78, 5) is 22.5. The molecule has 1 saturated heterocycles. The molecule has 1 aliphatic heterocycles. The van der Waals surface area contributed by atoms with Crippen LogP contribution in [0.25, 0.3) is 0 Å². The van der Waals surface area contributed by atoms with E-state index in [2.05, 4.69) is 20.2 Å². The predicted octanol–water partition coefficient (Wildman–Crippen LogP) is -0.465. The van der Waals surface area contributed by atoms with E-state index in [4.69, 9.17) is 10.5 Å². The van der Waals surface area contributed by atoms with Crippen LogP contribution in [0.3, 0.4) is 0 Å². The van der Waals surface area contributed by atoms with Crippen molar-refractivity contribution in [3.63, 3.8) is 0 Å². The van der Waals surface area contributed by atoms with Crippen LogP contribution in [0.2, 0.25) is 0 Å². The second-order valence-electron chi connectivity index (χ2n) is 4.78. The standard InChI is InChI=1S/C13H21N5O2/c1-20-11(9-14)12(19)17-10-3-7-18(8-4-10)13-15-5-2-6-16-13/h2,5-6,10-11H,3-4,7-9,14H2,1H3,(H,17,19). The average molecular weight is 279 g/mol. The molecule has 20 heavy (non-hydrogen) atoms. The van der Waals surface area contributed by atoms with Gasteiger partial charge in [-0.2, -0.15) is 0 Å². The summed E-state index contributed by atoms with van der Waals surface area (Å²) in [7, 11) is 1.49. The van der Waals surface area contributed by atoms with Crippen molar-refractivity contribution in [2.24, 2.45) is 5.73 Å². The molecule has 0 saturated carbocycles. The van der Waals surface area contributed by atoms with Gasteiger partial charge in [-0.25, -0.2) is 9.97 Å². The highest BCUT2D eigenvalue weighted by Crippen LogP contribution is 2.15. The van der Waals surface area contributed by atoms with Crippen molar-refractivity contribution in [1.29, 1.82) is 0 Å². The summed E-state index contributed by atoms with van der Waals surface area (Å²) in [6.45, 7) is 1.85. The SMILES string of the molecule is COC(CN)C(=O)NC1CCN(c2ncccn2)CC1. The molecule has 2 rings (SSSR count). The van der Waals surface area contributed by atoms with Crippen molar-refractivity contribution in [3.05, 3.63) is 18.5 Å². The van der Waals surface area contributed by atoms with E-state index in [1.54, 1.807) is 18.5 Å². The molecule has 1 aliphatic rings. The van der Waals surface area contributed by atoms with Gasteiger partial charge in [0.1, 0.15) is 6.10 Å². The van der Waals surface area contributed by atoms with Crippen LogP contribution >= 0.6 is 0 Å². The summed E-state index contributed by atoms with van der Waals surface area (Å²) in [6.07, 6.45) is 4.64. The van der Waals surface area contributed by atoms with Gasteiger partial charge in [0.25, 0.3) is 5.91 Å². The van der Waals surface area contributed by atoms with Crippen LogP contribution in [0, 0.1) is 0 Å². The third-order valence-electron chi connectivity index (χ3n) is 3.47. The minimum atomic E-state index is -0.564. The van der Waals surface area contributed by atoms with E-state index >= 15 is 0 Å². The molecule has 110 valence electrons. The van der Waals surface area contributed by atoms with Gasteiger partial charge in [0.2, 0.25) is 5.95 Å². The number of ether oxygens (including phenoxy) is 1. The summed E-state index contributed by atoms with van der Waals surface area (Å²) >= 11 is 0. The van der Waals surface area contributed by atoms with Crippen LogP contribution in [0.4, 0.5) is 5.95 Å². The number of rotatable bonds is 5. The Balaban J connectivity index is 1.81. The molecule has 1 aromatic heterocycles. The molecule has 2 heterocycles. The third-order valence-corrected chi connectivity index (χ3v) is 3.47. The van der Waals surface area contributed by atoms with Crippen LogP contribution < -0.4 is 16.0 Å². The van der Waals surface area contributed by atoms with E-state index in [0.29, 0.717) is 0 Å². The lowest BCUT2D eigenvalue weighted by Crippen LogP contribution is -2.49. The highest BCUT2D eigenvalue weighted by atomic mass is 16.5. The Morgan fingerprint density at radius 3 is 2.70 bits per heavy atom. The number of aromatic nitrogens is 2. The summed E-state index contributed by atoms with van der Waals surface area (Å²) in [5.41, 5.74) is 5.48. The predicted molar refractivity (Wildman–Crippen MR) is 75.3 cm³/mol. The zero-order valence-corrected chi connectivity index (χ0v) is 11.7. The summed E-state index contributed by atoms with van der Waals surface area (Å²) < 4.78 is 5.03. The maximum atomic E-state index is 11.9. The van der Waals surface area contributed by atoms with Crippen LogP contribution in [-0.2, 0) is 9.53 Å². The van der Waals surface area contributed by atoms with Gasteiger partial charge in [-0.3, -0.25) is 4.79 Å². The number of hydrogen-bond acceptors (Lipinski definition) is 6. The molecular formula is C13H21N5O2. The van der Waals surface area contributed by atoms with Crippen molar-refractivity contribution in [2.45, 2.75) is 25.0 Å². The first kappa shape index (κ1) is 14.7. The number of nitrogens with one attached hydrogen (secondary N) is 1. The molecule has 3 N–H and O–H groups in total. The van der Waals surface area contributed by atoms with E-state index in [1.165, 1.54) is 7.11 Å². The average Bonchev–Trinajstić information content (AvgIpc) is 2.50. The van der Waals surface area contributed by atoms with Crippen molar-refractivity contribution in [2.75, 3.05) is 31.6 Å². The molecule has 1 aromatic rings. The molecule has 0 spiro atoms. The zero-order chi connectivity index (χ0) is 14.4. The first-order valence-electron chi connectivity index (χ1n) is 6.79. The quantitative estimate of drug-likeness (QED) is 0.757. The van der Waals surface area contributed by atoms with Crippen LogP contribution in [0.15, 0.2) is 18.5 Å². The fourth-order valence-electron chi connectivity index (χ4n) is 2.28. The minimum absolute atomic E-state index is 0.135. The normalized spacial score (nSPS) is 17.8. The Bertz CT molecular complexity index is 416. The number of carbonyl (C=O) groups is 1. The number of anilines is 1. The zero-order valence-electron chi connectivity index (χ0n) is 11.7. The first-order valence-corrected chi connectivity index (χ1v) is 6.79. The minimum Gasteiger partial charge on any atom is -0.370 e. The molecule has 1 amide bonds. The van der Waals surface area contributed by atoms with E-state index in [0.717, 1.165) is 31.9 Å². The van der Waals surface area contributed by atoms with Gasteiger partial charge in [-0.05, 0) is 18.9 Å². The largest absolute Gasteiger partial charge is 0.370 e. The van der Waals surface area contributed by atoms with Gasteiger partial charge in [-0.15, -0.1) is 0 Å². The maximum absolute atomic E-state index is 11.9. The highest BCUT2D eigenvalue weighted by molar-refractivity contribution is 5.81. The number of nitrogens with two attached hydrogens (primary N) is 1. The molecule has 0 bridgehead atoms. The number of amides is 1. The fraction of sp³-hybridized carbons (Fsp3) is 0.615. The number of carbonyl (C=O) groups excluding carboxylic acids is 1. The van der Waals surface area contributed by atoms with Crippen LogP contribution in [0.5, 0.6) is 0 Å². The topological polar surface area (TPSA) is 93.4 Å². The number of hydrogen-bond donors (Lipinski definition) is 2. The van der Waals surface area contributed by atoms with E-state index in [9.17, 15) is 4.79 Å². The summed E-state index contributed by atoms with van der Waals surface area (Å²) in [5, 5.41) is 2.98. The van der Waals surface area contributed by atoms with Gasteiger partial charge in [0.05, 0.1) is 0 Å². The molecule has 1 fully saturated rings. The molecule has 7 nitrogen and oxygen atoms in total. The molecular weight excluding hydrogens is 258 g/mol. The van der Waals surface area contributed by atoms with Crippen molar-refractivity contribution < 1.29 is 9.53 Å². The van der Waals surface area contributed by atoms with Gasteiger partial charge in [0, 0.05) is 45.2 Å². The highest BCUT2D eigenvalue weighted by Gasteiger charge is 2.24. The van der Waals surface area contributed by atoms with Gasteiger partial charge >= 0.3 is 0 Å². The summed E-state index contributed by atoms with van der Waals surface area (Å²) in [5.74, 6) is 0.610. The van der Waals surface area contributed by atoms with Gasteiger partial charge in [0.15, 0.2) is 0 Å². The lowest BCUT2D eigenvalue weighted by molar-refractivity contribution is -0.131. The maximum Gasteiger partial charge on any atom is 0.250 e. The Morgan fingerprint density at radius 1 is 1.50 bits per heavy atom. The Kier molecular flexibility index (Phi) is 5.25. The van der Waals surface area contributed by atoms with Crippen molar-refractivity contribution >= 4 is 11.9 Å². The Labute approximate surface area is 118 Å². The molecule has 0 aliphatic carbocycles. The smallest absolute Gasteiger partial charge is 0.250 e. The number of nitrogens with zero attached hydrogens (tertiary/aromatic N) is 3. The van der Waals surface area contributed by atoms with Crippen LogP contribution in [-0.4, -0.2) is 54.8 Å². The van der Waals surface area contributed by atoms with E-state index in [-0.39, 0.29) is 18.5 Å². The van der Waals surface area contributed by atoms with Crippen molar-refractivity contribution in [3.8, 4) is 0 Å². The number of methoxy groups -OCH3 is 1. The second kappa shape index (κ2) is 7.16. The van der Waals surface area contributed by atoms with Crippen molar-refractivity contribution in [1.82, 2.24) is 15.3 Å². The first-order chi connectivity index (χ1) is 9.74. The Morgan fingerprint density at radius 2 is 2.15 bits per heavy atom. The lowest BCUT2D eigenvalue weighted by Gasteiger charge is -2.32. The summed E-state index contributed by atoms with van der Waals surface area (Å²) in [6, 6.07) is 1.96. The molecule has 0 aromatic carbocycles. The molecule has 0 radical (unpaired) electrons. The lowest BCUT2D eigenvalue weighted by atomic mass is 10.0. The fourth-order valence-corrected chi connectivity index (χ4v) is 2.28. The van der Waals surface area contributed by atoms with Crippen LogP contribution in [0.1, 0.15) is 12.8 Å². The monoisotopic (exact) mass is 279 g/mol. The number of piperidine rings is 1. The van der Waals surface area contributed by atoms with Gasteiger partial charge in [-0.1, -0.05) is 0 Å². The Hall–Kier alpha value is -1.73.